The van der Waals surface area contributed by atoms with Crippen molar-refractivity contribution < 1.29 is 22.8 Å². The molecule has 1 aromatic rings. The van der Waals surface area contributed by atoms with Crippen molar-refractivity contribution in [2.45, 2.75) is 57.0 Å². The first-order chi connectivity index (χ1) is 14.3. The molecule has 2 fully saturated rings. The molecule has 8 nitrogen and oxygen atoms in total. The molecule has 2 saturated heterocycles. The second-order valence-electron chi connectivity index (χ2n) is 8.34. The van der Waals surface area contributed by atoms with E-state index in [9.17, 15) is 22.8 Å². The normalized spacial score (nSPS) is 27.4. The average molecular weight is 454 g/mol. The van der Waals surface area contributed by atoms with Gasteiger partial charge in [-0.1, -0.05) is 13.3 Å². The van der Waals surface area contributed by atoms with Gasteiger partial charge >= 0.3 is 6.03 Å². The number of hydrogen-bond donors (Lipinski definition) is 1. The summed E-state index contributed by atoms with van der Waals surface area (Å²) < 4.78 is 23.8. The predicted octanol–water partition coefficient (Wildman–Crippen LogP) is 1.65. The Morgan fingerprint density at radius 1 is 1.40 bits per heavy atom. The maximum atomic E-state index is 13.3. The lowest BCUT2D eigenvalue weighted by molar-refractivity contribution is -0.140. The molecular formula is C20H27N3O5S2. The first-order valence-corrected chi connectivity index (χ1v) is 13.2. The van der Waals surface area contributed by atoms with Crippen LogP contribution in [-0.2, 0) is 31.4 Å². The summed E-state index contributed by atoms with van der Waals surface area (Å²) in [4.78, 5) is 42.8. The van der Waals surface area contributed by atoms with Crippen LogP contribution in [0.25, 0.3) is 0 Å². The highest BCUT2D eigenvalue weighted by atomic mass is 32.2. The lowest BCUT2D eigenvalue weighted by atomic mass is 9.80. The molecule has 164 valence electrons. The van der Waals surface area contributed by atoms with Crippen molar-refractivity contribution in [3.8, 4) is 0 Å². The number of sulfone groups is 1. The fourth-order valence-corrected chi connectivity index (χ4v) is 7.50. The molecule has 0 saturated carbocycles. The third kappa shape index (κ3) is 3.64. The minimum atomic E-state index is -3.15. The molecule has 3 heterocycles. The molecule has 0 bridgehead atoms. The average Bonchev–Trinajstić information content (AvgIpc) is 3.37. The van der Waals surface area contributed by atoms with Crippen molar-refractivity contribution in [3.63, 3.8) is 0 Å². The van der Waals surface area contributed by atoms with Gasteiger partial charge in [-0.15, -0.1) is 11.3 Å². The standard InChI is InChI=1S/C20H27N3O5S2/c1-2-3-9-22(14-7-11-30(27,28)13-14)17(24)12-23-18(25)20(21-19(23)26)8-4-5-16-15(20)6-10-29-16/h6,10,14H,2-5,7-9,11-13H2,1H3,(H,21,26). The highest BCUT2D eigenvalue weighted by molar-refractivity contribution is 7.91. The first-order valence-electron chi connectivity index (χ1n) is 10.5. The van der Waals surface area contributed by atoms with Crippen LogP contribution in [0.15, 0.2) is 11.4 Å². The molecule has 1 spiro atoms. The molecule has 2 aliphatic heterocycles. The van der Waals surface area contributed by atoms with E-state index in [1.54, 1.807) is 16.2 Å². The molecule has 1 aliphatic carbocycles. The van der Waals surface area contributed by atoms with Gasteiger partial charge in [0.15, 0.2) is 9.84 Å². The fourth-order valence-electron chi connectivity index (χ4n) is 4.77. The zero-order valence-electron chi connectivity index (χ0n) is 17.1. The van der Waals surface area contributed by atoms with Crippen LogP contribution in [0.1, 0.15) is 49.5 Å². The van der Waals surface area contributed by atoms with Crippen LogP contribution in [-0.4, -0.2) is 66.7 Å². The van der Waals surface area contributed by atoms with Gasteiger partial charge in [-0.3, -0.25) is 14.5 Å². The molecule has 1 N–H and O–H groups in total. The SMILES string of the molecule is CCCCN(C(=O)CN1C(=O)NC2(CCCc3sccc32)C1=O)C1CCS(=O)(=O)C1. The fraction of sp³-hybridized carbons (Fsp3) is 0.650. The summed E-state index contributed by atoms with van der Waals surface area (Å²) in [6.07, 6.45) is 4.20. The van der Waals surface area contributed by atoms with E-state index in [1.165, 1.54) is 0 Å². The van der Waals surface area contributed by atoms with Crippen molar-refractivity contribution in [2.24, 2.45) is 0 Å². The Morgan fingerprint density at radius 3 is 2.90 bits per heavy atom. The van der Waals surface area contributed by atoms with Crippen LogP contribution >= 0.6 is 11.3 Å². The number of imide groups is 1. The van der Waals surface area contributed by atoms with E-state index >= 15 is 0 Å². The van der Waals surface area contributed by atoms with Gasteiger partial charge in [-0.25, -0.2) is 13.2 Å². The van der Waals surface area contributed by atoms with Gasteiger partial charge in [0.25, 0.3) is 5.91 Å². The molecule has 4 amide bonds. The highest BCUT2D eigenvalue weighted by Crippen LogP contribution is 2.42. The summed E-state index contributed by atoms with van der Waals surface area (Å²) >= 11 is 1.58. The maximum Gasteiger partial charge on any atom is 0.325 e. The van der Waals surface area contributed by atoms with E-state index < -0.39 is 21.4 Å². The number of fused-ring (bicyclic) bond motifs is 2. The Bertz CT molecular complexity index is 973. The van der Waals surface area contributed by atoms with Crippen molar-refractivity contribution >= 4 is 39.0 Å². The third-order valence-corrected chi connectivity index (χ3v) is 9.08. The van der Waals surface area contributed by atoms with Crippen LogP contribution in [0.5, 0.6) is 0 Å². The summed E-state index contributed by atoms with van der Waals surface area (Å²) in [5.41, 5.74) is -0.229. The lowest BCUT2D eigenvalue weighted by Gasteiger charge is -2.32. The van der Waals surface area contributed by atoms with Gasteiger partial charge in [0.2, 0.25) is 5.91 Å². The summed E-state index contributed by atoms with van der Waals surface area (Å²) in [7, 11) is -3.15. The third-order valence-electron chi connectivity index (χ3n) is 6.35. The number of nitrogens with one attached hydrogen (secondary N) is 1. The van der Waals surface area contributed by atoms with Crippen LogP contribution in [0, 0.1) is 0 Å². The zero-order valence-corrected chi connectivity index (χ0v) is 18.7. The molecular weight excluding hydrogens is 426 g/mol. The summed E-state index contributed by atoms with van der Waals surface area (Å²) in [5.74, 6) is -0.729. The number of aryl methyl sites for hydroxylation is 1. The Morgan fingerprint density at radius 2 is 2.20 bits per heavy atom. The highest BCUT2D eigenvalue weighted by Gasteiger charge is 2.55. The smallest absolute Gasteiger partial charge is 0.325 e. The second-order valence-corrected chi connectivity index (χ2v) is 11.6. The van der Waals surface area contributed by atoms with E-state index in [4.69, 9.17) is 0 Å². The first kappa shape index (κ1) is 21.3. The van der Waals surface area contributed by atoms with Crippen LogP contribution in [0.4, 0.5) is 4.79 Å². The van der Waals surface area contributed by atoms with Gasteiger partial charge in [0.05, 0.1) is 11.5 Å². The molecule has 2 atom stereocenters. The van der Waals surface area contributed by atoms with E-state index in [-0.39, 0.29) is 35.9 Å². The van der Waals surface area contributed by atoms with Crippen molar-refractivity contribution in [2.75, 3.05) is 24.6 Å². The number of carbonyl (C=O) groups excluding carboxylic acids is 3. The molecule has 1 aromatic heterocycles. The second kappa shape index (κ2) is 7.96. The number of thiophene rings is 1. The van der Waals surface area contributed by atoms with Crippen molar-refractivity contribution in [3.05, 3.63) is 21.9 Å². The molecule has 0 aromatic carbocycles. The van der Waals surface area contributed by atoms with E-state index in [1.807, 2.05) is 18.4 Å². The summed E-state index contributed by atoms with van der Waals surface area (Å²) in [6.45, 7) is 2.07. The number of hydrogen-bond acceptors (Lipinski definition) is 6. The zero-order chi connectivity index (χ0) is 21.5. The summed E-state index contributed by atoms with van der Waals surface area (Å²) in [5, 5.41) is 4.79. The molecule has 4 rings (SSSR count). The van der Waals surface area contributed by atoms with Crippen LogP contribution in [0.2, 0.25) is 0 Å². The lowest BCUT2D eigenvalue weighted by Crippen LogP contribution is -2.49. The minimum absolute atomic E-state index is 0.0508. The van der Waals surface area contributed by atoms with Gasteiger partial charge in [0, 0.05) is 23.0 Å². The number of nitrogens with zero attached hydrogens (tertiary/aromatic N) is 2. The number of urea groups is 1. The largest absolute Gasteiger partial charge is 0.337 e. The minimum Gasteiger partial charge on any atom is -0.337 e. The quantitative estimate of drug-likeness (QED) is 0.660. The predicted molar refractivity (Wildman–Crippen MR) is 113 cm³/mol. The van der Waals surface area contributed by atoms with Crippen LogP contribution < -0.4 is 5.32 Å². The molecule has 2 unspecified atom stereocenters. The molecule has 10 heteroatoms. The van der Waals surface area contributed by atoms with E-state index in [0.717, 1.165) is 41.0 Å². The van der Waals surface area contributed by atoms with Gasteiger partial charge in [0.1, 0.15) is 12.1 Å². The summed E-state index contributed by atoms with van der Waals surface area (Å²) in [6, 6.07) is 0.948. The van der Waals surface area contributed by atoms with Crippen molar-refractivity contribution in [1.82, 2.24) is 15.1 Å². The van der Waals surface area contributed by atoms with Crippen molar-refractivity contribution in [1.29, 1.82) is 0 Å². The van der Waals surface area contributed by atoms with Crippen LogP contribution in [0.3, 0.4) is 0 Å². The molecule has 3 aliphatic rings. The number of rotatable bonds is 6. The molecule has 0 radical (unpaired) electrons. The number of carbonyl (C=O) groups is 3. The Kier molecular flexibility index (Phi) is 5.65. The Balaban J connectivity index is 1.54. The Labute approximate surface area is 180 Å². The van der Waals surface area contributed by atoms with E-state index in [0.29, 0.717) is 19.4 Å². The topological polar surface area (TPSA) is 104 Å². The molecule has 30 heavy (non-hydrogen) atoms. The maximum absolute atomic E-state index is 13.3. The van der Waals surface area contributed by atoms with Gasteiger partial charge in [-0.2, -0.15) is 0 Å². The number of unbranched alkanes of at least 4 members (excludes halogenated alkanes) is 1. The number of amides is 4. The Hall–Kier alpha value is -1.94. The van der Waals surface area contributed by atoms with Gasteiger partial charge < -0.3 is 10.2 Å². The monoisotopic (exact) mass is 453 g/mol. The van der Waals surface area contributed by atoms with E-state index in [2.05, 4.69) is 5.32 Å². The van der Waals surface area contributed by atoms with Gasteiger partial charge in [-0.05, 0) is 43.6 Å².